The molecule has 5 nitrogen and oxygen atoms in total. The molecule has 32 heavy (non-hydrogen) atoms. The lowest BCUT2D eigenvalue weighted by molar-refractivity contribution is -0.132. The topological polar surface area (TPSA) is 66.8 Å². The summed E-state index contributed by atoms with van der Waals surface area (Å²) in [5, 5.41) is 13.5. The molecule has 164 valence electrons. The number of carbonyl (C=O) groups excluding carboxylic acids is 2. The molecule has 1 aliphatic heterocycles. The van der Waals surface area contributed by atoms with E-state index < -0.39 is 17.7 Å². The lowest BCUT2D eigenvalue weighted by Gasteiger charge is -2.26. The molecule has 0 aliphatic carbocycles. The van der Waals surface area contributed by atoms with Crippen LogP contribution in [-0.2, 0) is 9.59 Å². The Hall–Kier alpha value is -3.09. The first-order valence-corrected chi connectivity index (χ1v) is 11.4. The minimum Gasteiger partial charge on any atom is -0.507 e. The molecule has 1 amide bonds. The maximum Gasteiger partial charge on any atom is 0.300 e. The predicted octanol–water partition coefficient (Wildman–Crippen LogP) is 6.04. The summed E-state index contributed by atoms with van der Waals surface area (Å²) in [5.41, 5.74) is 2.89. The summed E-state index contributed by atoms with van der Waals surface area (Å²) in [5.74, 6) is -1.26. The van der Waals surface area contributed by atoms with Crippen LogP contribution in [0.3, 0.4) is 0 Å². The number of ketones is 1. The largest absolute Gasteiger partial charge is 0.507 e. The molecule has 1 aliphatic rings. The van der Waals surface area contributed by atoms with Crippen molar-refractivity contribution in [2.24, 2.45) is 0 Å². The number of aliphatic hydroxyl groups is 1. The zero-order valence-corrected chi connectivity index (χ0v) is 19.5. The third-order valence-electron chi connectivity index (χ3n) is 5.39. The van der Waals surface area contributed by atoms with Gasteiger partial charge in [-0.25, -0.2) is 0 Å². The van der Waals surface area contributed by atoms with Crippen molar-refractivity contribution >= 4 is 46.1 Å². The summed E-state index contributed by atoms with van der Waals surface area (Å²) >= 11 is 7.61. The van der Waals surface area contributed by atoms with E-state index in [1.165, 1.54) is 16.2 Å². The van der Waals surface area contributed by atoms with E-state index in [1.54, 1.807) is 18.2 Å². The fourth-order valence-corrected chi connectivity index (χ4v) is 4.84. The van der Waals surface area contributed by atoms with Crippen LogP contribution in [0.2, 0.25) is 5.02 Å². The van der Waals surface area contributed by atoms with Crippen LogP contribution in [-0.4, -0.2) is 23.4 Å². The second-order valence-electron chi connectivity index (χ2n) is 7.55. The third-order valence-corrected chi connectivity index (χ3v) is 6.62. The number of hydrogen-bond donors (Lipinski definition) is 1. The number of aliphatic hydroxyl groups excluding tert-OH is 1. The predicted molar refractivity (Wildman–Crippen MR) is 128 cm³/mol. The highest BCUT2D eigenvalue weighted by Gasteiger charge is 2.47. The summed E-state index contributed by atoms with van der Waals surface area (Å²) in [6, 6.07) is 13.5. The van der Waals surface area contributed by atoms with Crippen molar-refractivity contribution in [1.29, 1.82) is 0 Å². The quantitative estimate of drug-likeness (QED) is 0.282. The molecule has 3 aromatic rings. The molecule has 0 radical (unpaired) electrons. The van der Waals surface area contributed by atoms with E-state index in [-0.39, 0.29) is 11.3 Å². The number of thiophene rings is 1. The molecule has 0 spiro atoms. The van der Waals surface area contributed by atoms with Crippen LogP contribution in [0, 0.1) is 13.8 Å². The molecule has 7 heteroatoms. The van der Waals surface area contributed by atoms with E-state index in [1.807, 2.05) is 56.5 Å². The summed E-state index contributed by atoms with van der Waals surface area (Å²) in [6.07, 6.45) is 0. The van der Waals surface area contributed by atoms with Gasteiger partial charge in [-0.05, 0) is 67.6 Å². The smallest absolute Gasteiger partial charge is 0.300 e. The second-order valence-corrected chi connectivity index (χ2v) is 8.94. The van der Waals surface area contributed by atoms with Crippen LogP contribution < -0.4 is 9.64 Å². The van der Waals surface area contributed by atoms with Crippen molar-refractivity contribution in [3.8, 4) is 5.75 Å². The van der Waals surface area contributed by atoms with Crippen molar-refractivity contribution in [1.82, 2.24) is 0 Å². The number of Topliss-reactive ketones (excluding diaryl/α,β-unsaturated/α-hetero) is 1. The Bertz CT molecular complexity index is 1230. The van der Waals surface area contributed by atoms with E-state index in [0.717, 1.165) is 16.0 Å². The van der Waals surface area contributed by atoms with Gasteiger partial charge in [-0.2, -0.15) is 0 Å². The number of amides is 1. The molecule has 2 heterocycles. The van der Waals surface area contributed by atoms with E-state index in [2.05, 4.69) is 0 Å². The Morgan fingerprint density at radius 1 is 1.16 bits per heavy atom. The van der Waals surface area contributed by atoms with E-state index in [0.29, 0.717) is 28.6 Å². The van der Waals surface area contributed by atoms with Crippen LogP contribution in [0.5, 0.6) is 5.75 Å². The number of ether oxygens (including phenoxy) is 1. The molecule has 1 N–H and O–H groups in total. The first kappa shape index (κ1) is 22.1. The lowest BCUT2D eigenvalue weighted by atomic mass is 9.99. The normalized spacial score (nSPS) is 17.8. The van der Waals surface area contributed by atoms with Crippen molar-refractivity contribution in [2.75, 3.05) is 11.5 Å². The van der Waals surface area contributed by atoms with Crippen LogP contribution in [0.15, 0.2) is 59.5 Å². The van der Waals surface area contributed by atoms with Gasteiger partial charge >= 0.3 is 0 Å². The van der Waals surface area contributed by atoms with Crippen molar-refractivity contribution in [3.63, 3.8) is 0 Å². The van der Waals surface area contributed by atoms with Crippen LogP contribution >= 0.6 is 22.9 Å². The first-order valence-electron chi connectivity index (χ1n) is 10.2. The Morgan fingerprint density at radius 2 is 1.94 bits per heavy atom. The highest BCUT2D eigenvalue weighted by Crippen LogP contribution is 2.45. The molecule has 0 bridgehead atoms. The highest BCUT2D eigenvalue weighted by molar-refractivity contribution is 7.10. The number of nitrogens with zero attached hydrogens (tertiary/aromatic N) is 1. The van der Waals surface area contributed by atoms with Gasteiger partial charge in [0, 0.05) is 16.1 Å². The zero-order chi connectivity index (χ0) is 23.0. The maximum atomic E-state index is 13.2. The number of anilines is 1. The number of carbonyl (C=O) groups is 2. The Labute approximate surface area is 195 Å². The molecular formula is C25H22ClNO4S. The molecule has 4 rings (SSSR count). The lowest BCUT2D eigenvalue weighted by Crippen LogP contribution is -2.29. The fraction of sp³-hybridized carbons (Fsp3) is 0.200. The van der Waals surface area contributed by atoms with Gasteiger partial charge in [0.05, 0.1) is 17.2 Å². The fourth-order valence-electron chi connectivity index (χ4n) is 3.85. The van der Waals surface area contributed by atoms with Crippen molar-refractivity contribution < 1.29 is 19.4 Å². The molecule has 1 saturated heterocycles. The summed E-state index contributed by atoms with van der Waals surface area (Å²) in [6.45, 7) is 6.06. The average Bonchev–Trinajstić information content (AvgIpc) is 3.38. The van der Waals surface area contributed by atoms with Crippen LogP contribution in [0.1, 0.15) is 34.5 Å². The number of hydrogen-bond acceptors (Lipinski definition) is 5. The highest BCUT2D eigenvalue weighted by atomic mass is 35.5. The van der Waals surface area contributed by atoms with E-state index >= 15 is 0 Å². The molecule has 1 atom stereocenters. The zero-order valence-electron chi connectivity index (χ0n) is 17.9. The summed E-state index contributed by atoms with van der Waals surface area (Å²) in [4.78, 5) is 28.7. The summed E-state index contributed by atoms with van der Waals surface area (Å²) < 4.78 is 5.53. The Balaban J connectivity index is 1.93. The molecule has 1 fully saturated rings. The van der Waals surface area contributed by atoms with Gasteiger partial charge in [0.1, 0.15) is 17.6 Å². The molecular weight excluding hydrogens is 446 g/mol. The number of benzene rings is 2. The van der Waals surface area contributed by atoms with Gasteiger partial charge in [0.2, 0.25) is 0 Å². The monoisotopic (exact) mass is 467 g/mol. The Morgan fingerprint density at radius 3 is 2.62 bits per heavy atom. The maximum absolute atomic E-state index is 13.2. The molecule has 2 aromatic carbocycles. The standard InChI is InChI=1S/C25H22ClNO4S/c1-4-31-19-13-16(9-10-17(19)26)23(28)21-22(20-6-5-11-32-20)27(25(30)24(21)29)18-12-14(2)7-8-15(18)3/h5-13,22,28H,4H2,1-3H3/b23-21-. The van der Waals surface area contributed by atoms with Gasteiger partial charge in [-0.15, -0.1) is 11.3 Å². The summed E-state index contributed by atoms with van der Waals surface area (Å²) in [7, 11) is 0. The molecule has 0 saturated carbocycles. The number of halogens is 1. The minimum absolute atomic E-state index is 0.0446. The van der Waals surface area contributed by atoms with Crippen molar-refractivity contribution in [2.45, 2.75) is 26.8 Å². The SMILES string of the molecule is CCOc1cc(/C(O)=C2/C(=O)C(=O)N(c3cc(C)ccc3C)C2c2cccs2)ccc1Cl. The van der Waals surface area contributed by atoms with Gasteiger partial charge in [-0.1, -0.05) is 29.8 Å². The molecule has 1 aromatic heterocycles. The number of aryl methyl sites for hydroxylation is 2. The second kappa shape index (κ2) is 8.81. The third kappa shape index (κ3) is 3.80. The average molecular weight is 468 g/mol. The van der Waals surface area contributed by atoms with Gasteiger partial charge in [-0.3, -0.25) is 14.5 Å². The van der Waals surface area contributed by atoms with E-state index in [9.17, 15) is 14.7 Å². The van der Waals surface area contributed by atoms with Crippen LogP contribution in [0.25, 0.3) is 5.76 Å². The van der Waals surface area contributed by atoms with Gasteiger partial charge in [0.25, 0.3) is 11.7 Å². The van der Waals surface area contributed by atoms with Crippen LogP contribution in [0.4, 0.5) is 5.69 Å². The minimum atomic E-state index is -0.735. The molecule has 1 unspecified atom stereocenters. The van der Waals surface area contributed by atoms with E-state index in [4.69, 9.17) is 16.3 Å². The Kier molecular flexibility index (Phi) is 6.09. The van der Waals surface area contributed by atoms with Crippen molar-refractivity contribution in [3.05, 3.63) is 86.1 Å². The first-order chi connectivity index (χ1) is 15.3. The van der Waals surface area contributed by atoms with Gasteiger partial charge in [0.15, 0.2) is 0 Å². The number of rotatable bonds is 5. The van der Waals surface area contributed by atoms with Gasteiger partial charge < -0.3 is 9.84 Å².